The third-order valence-corrected chi connectivity index (χ3v) is 4.09. The lowest BCUT2D eigenvalue weighted by molar-refractivity contribution is -0.134. The largest absolute Gasteiger partial charge is 0.425 e. The lowest BCUT2D eigenvalue weighted by Crippen LogP contribution is -2.36. The van der Waals surface area contributed by atoms with Gasteiger partial charge in [0.05, 0.1) is 28.5 Å². The van der Waals surface area contributed by atoms with Crippen LogP contribution in [0.4, 0.5) is 0 Å². The first kappa shape index (κ1) is 15.1. The van der Waals surface area contributed by atoms with Crippen molar-refractivity contribution >= 4 is 28.8 Å². The quantitative estimate of drug-likeness (QED) is 0.414. The molecule has 4 rings (SSSR count). The molecule has 1 aliphatic rings. The number of aryl methyl sites for hydroxylation is 1. The average molecular weight is 335 g/mol. The molecule has 0 fully saturated rings. The number of imidazole rings is 1. The summed E-state index contributed by atoms with van der Waals surface area (Å²) in [4.78, 5) is 41.8. The minimum atomic E-state index is -0.690. The summed E-state index contributed by atoms with van der Waals surface area (Å²) < 4.78 is 7.10. The van der Waals surface area contributed by atoms with E-state index in [0.717, 1.165) is 10.4 Å². The van der Waals surface area contributed by atoms with E-state index in [1.165, 1.54) is 0 Å². The molecule has 0 spiro atoms. The highest BCUT2D eigenvalue weighted by molar-refractivity contribution is 6.22. The van der Waals surface area contributed by atoms with Gasteiger partial charge in [-0.15, -0.1) is 0 Å². The van der Waals surface area contributed by atoms with E-state index in [0.29, 0.717) is 22.4 Å². The number of carbonyl (C=O) groups excluding carboxylic acids is 3. The maximum Gasteiger partial charge on any atom is 0.331 e. The second-order valence-corrected chi connectivity index (χ2v) is 5.72. The molecule has 1 aromatic heterocycles. The molecule has 1 aliphatic heterocycles. The molecule has 0 aliphatic carbocycles. The number of hydrogen-bond donors (Lipinski definition) is 0. The molecule has 124 valence electrons. The molecule has 0 unspecified atom stereocenters. The van der Waals surface area contributed by atoms with E-state index < -0.39 is 24.3 Å². The number of carbonyl (C=O) groups is 3. The van der Waals surface area contributed by atoms with E-state index in [-0.39, 0.29) is 0 Å². The number of esters is 1. The van der Waals surface area contributed by atoms with E-state index in [1.54, 1.807) is 48.8 Å². The van der Waals surface area contributed by atoms with Crippen molar-refractivity contribution in [2.45, 2.75) is 0 Å². The van der Waals surface area contributed by atoms with Crippen molar-refractivity contribution in [3.8, 4) is 5.75 Å². The molecular formula is C18H13N3O4. The van der Waals surface area contributed by atoms with Crippen LogP contribution in [0.5, 0.6) is 5.75 Å². The highest BCUT2D eigenvalue weighted by atomic mass is 16.5. The van der Waals surface area contributed by atoms with Crippen LogP contribution in [0.2, 0.25) is 0 Å². The van der Waals surface area contributed by atoms with Crippen LogP contribution in [0.25, 0.3) is 11.0 Å². The number of fused-ring (bicyclic) bond motifs is 2. The fourth-order valence-corrected chi connectivity index (χ4v) is 2.85. The summed E-state index contributed by atoms with van der Waals surface area (Å²) in [5.41, 5.74) is 2.19. The van der Waals surface area contributed by atoms with Gasteiger partial charge in [-0.1, -0.05) is 12.1 Å². The Bertz CT molecular complexity index is 1000. The van der Waals surface area contributed by atoms with Crippen molar-refractivity contribution in [3.05, 3.63) is 59.9 Å². The molecule has 2 aromatic carbocycles. The molecule has 7 nitrogen and oxygen atoms in total. The van der Waals surface area contributed by atoms with E-state index in [2.05, 4.69) is 4.98 Å². The van der Waals surface area contributed by atoms with E-state index in [4.69, 9.17) is 4.74 Å². The molecule has 2 amide bonds. The fraction of sp³-hybridized carbons (Fsp3) is 0.111. The van der Waals surface area contributed by atoms with E-state index >= 15 is 0 Å². The van der Waals surface area contributed by atoms with E-state index in [1.807, 2.05) is 11.6 Å². The zero-order valence-corrected chi connectivity index (χ0v) is 13.3. The van der Waals surface area contributed by atoms with Crippen LogP contribution in [0.15, 0.2) is 48.8 Å². The summed E-state index contributed by atoms with van der Waals surface area (Å²) in [7, 11) is 1.86. The number of benzene rings is 2. The maximum absolute atomic E-state index is 12.3. The summed E-state index contributed by atoms with van der Waals surface area (Å²) >= 11 is 0. The Balaban J connectivity index is 1.50. The Labute approximate surface area is 142 Å². The Morgan fingerprint density at radius 1 is 1.08 bits per heavy atom. The van der Waals surface area contributed by atoms with Gasteiger partial charge in [0.15, 0.2) is 0 Å². The number of imide groups is 1. The number of hydrogen-bond acceptors (Lipinski definition) is 5. The number of nitrogens with zero attached hydrogens (tertiary/aromatic N) is 3. The summed E-state index contributed by atoms with van der Waals surface area (Å²) in [6.45, 7) is -0.438. The SMILES string of the molecule is Cn1cnc2cc(OC(=O)CN3C(=O)c4ccccc4C3=O)ccc21. The van der Waals surface area contributed by atoms with Crippen molar-refractivity contribution in [1.29, 1.82) is 0 Å². The van der Waals surface area contributed by atoms with Crippen molar-refractivity contribution < 1.29 is 19.1 Å². The Morgan fingerprint density at radius 2 is 1.76 bits per heavy atom. The van der Waals surface area contributed by atoms with Gasteiger partial charge in [-0.3, -0.25) is 14.5 Å². The summed E-state index contributed by atoms with van der Waals surface area (Å²) in [6.07, 6.45) is 1.66. The lowest BCUT2D eigenvalue weighted by atomic mass is 10.1. The van der Waals surface area contributed by atoms with Crippen LogP contribution in [-0.2, 0) is 11.8 Å². The Kier molecular flexibility index (Phi) is 3.35. The van der Waals surface area contributed by atoms with Gasteiger partial charge in [-0.05, 0) is 24.3 Å². The minimum Gasteiger partial charge on any atom is -0.425 e. The summed E-state index contributed by atoms with van der Waals surface area (Å²) in [5, 5.41) is 0. The van der Waals surface area contributed by atoms with Gasteiger partial charge >= 0.3 is 5.97 Å². The minimum absolute atomic E-state index is 0.301. The highest BCUT2D eigenvalue weighted by Crippen LogP contribution is 2.23. The summed E-state index contributed by atoms with van der Waals surface area (Å²) in [5.74, 6) is -1.35. The molecule has 0 saturated carbocycles. The van der Waals surface area contributed by atoms with Gasteiger partial charge in [0.1, 0.15) is 12.3 Å². The van der Waals surface area contributed by atoms with Gasteiger partial charge in [-0.25, -0.2) is 9.78 Å². The smallest absolute Gasteiger partial charge is 0.331 e. The van der Waals surface area contributed by atoms with E-state index in [9.17, 15) is 14.4 Å². The molecule has 0 N–H and O–H groups in total. The second-order valence-electron chi connectivity index (χ2n) is 5.72. The first-order chi connectivity index (χ1) is 12.0. The van der Waals surface area contributed by atoms with Crippen molar-refractivity contribution in [2.24, 2.45) is 7.05 Å². The molecule has 7 heteroatoms. The average Bonchev–Trinajstić information content (AvgIpc) is 3.09. The standard InChI is InChI=1S/C18H13N3O4/c1-20-10-19-14-8-11(6-7-15(14)20)25-16(22)9-21-17(23)12-4-2-3-5-13(12)18(21)24/h2-8,10H,9H2,1H3. The number of aromatic nitrogens is 2. The van der Waals surface area contributed by atoms with Gasteiger partial charge < -0.3 is 9.30 Å². The first-order valence-electron chi connectivity index (χ1n) is 7.61. The topological polar surface area (TPSA) is 81.5 Å². The molecular weight excluding hydrogens is 322 g/mol. The predicted octanol–water partition coefficient (Wildman–Crippen LogP) is 1.77. The highest BCUT2D eigenvalue weighted by Gasteiger charge is 2.36. The predicted molar refractivity (Wildman–Crippen MR) is 88.2 cm³/mol. The normalized spacial score (nSPS) is 13.4. The maximum atomic E-state index is 12.3. The zero-order valence-electron chi connectivity index (χ0n) is 13.3. The molecule has 3 aromatic rings. The van der Waals surface area contributed by atoms with Crippen LogP contribution < -0.4 is 4.74 Å². The monoisotopic (exact) mass is 335 g/mol. The molecule has 0 saturated heterocycles. The number of ether oxygens (including phenoxy) is 1. The number of rotatable bonds is 3. The lowest BCUT2D eigenvalue weighted by Gasteiger charge is -2.12. The molecule has 2 heterocycles. The molecule has 0 atom stereocenters. The van der Waals surface area contributed by atoms with Crippen molar-refractivity contribution in [2.75, 3.05) is 6.54 Å². The third-order valence-electron chi connectivity index (χ3n) is 4.09. The second kappa shape index (κ2) is 5.55. The zero-order chi connectivity index (χ0) is 17.6. The van der Waals surface area contributed by atoms with Crippen LogP contribution in [0.1, 0.15) is 20.7 Å². The summed E-state index contributed by atoms with van der Waals surface area (Å²) in [6, 6.07) is 11.5. The molecule has 0 bridgehead atoms. The number of amides is 2. The molecule has 25 heavy (non-hydrogen) atoms. The van der Waals surface area contributed by atoms with Gasteiger partial charge in [-0.2, -0.15) is 0 Å². The Hall–Kier alpha value is -3.48. The third kappa shape index (κ3) is 2.46. The first-order valence-corrected chi connectivity index (χ1v) is 7.61. The fourth-order valence-electron chi connectivity index (χ4n) is 2.85. The van der Waals surface area contributed by atoms with Gasteiger partial charge in [0.2, 0.25) is 0 Å². The van der Waals surface area contributed by atoms with Gasteiger partial charge in [0, 0.05) is 13.1 Å². The van der Waals surface area contributed by atoms with Crippen LogP contribution in [0, 0.1) is 0 Å². The van der Waals surface area contributed by atoms with Crippen molar-refractivity contribution in [1.82, 2.24) is 14.5 Å². The molecule has 0 radical (unpaired) electrons. The van der Waals surface area contributed by atoms with Crippen LogP contribution >= 0.6 is 0 Å². The van der Waals surface area contributed by atoms with Crippen molar-refractivity contribution in [3.63, 3.8) is 0 Å². The Morgan fingerprint density at radius 3 is 2.44 bits per heavy atom. The van der Waals surface area contributed by atoms with Crippen LogP contribution in [-0.4, -0.2) is 38.8 Å². The van der Waals surface area contributed by atoms with Crippen LogP contribution in [0.3, 0.4) is 0 Å². The van der Waals surface area contributed by atoms with Gasteiger partial charge in [0.25, 0.3) is 11.8 Å².